The van der Waals surface area contributed by atoms with Crippen LogP contribution in [0, 0.1) is 5.92 Å². The first-order valence-corrected chi connectivity index (χ1v) is 7.81. The molecule has 0 fully saturated rings. The highest BCUT2D eigenvalue weighted by atomic mass is 79.9. The van der Waals surface area contributed by atoms with E-state index < -0.39 is 0 Å². The minimum Gasteiger partial charge on any atom is -0.496 e. The zero-order valence-corrected chi connectivity index (χ0v) is 13.7. The third-order valence-electron chi connectivity index (χ3n) is 3.79. The smallest absolute Gasteiger partial charge is 0.181 e. The number of imidazole rings is 1. The predicted molar refractivity (Wildman–Crippen MR) is 83.8 cm³/mol. The lowest BCUT2D eigenvalue weighted by atomic mass is 9.95. The molecule has 0 radical (unpaired) electrons. The molecule has 0 aliphatic carbocycles. The Labute approximate surface area is 128 Å². The summed E-state index contributed by atoms with van der Waals surface area (Å²) >= 11 is 3.55. The summed E-state index contributed by atoms with van der Waals surface area (Å²) in [6, 6.07) is 4.46. The molecule has 4 heteroatoms. The van der Waals surface area contributed by atoms with Crippen molar-refractivity contribution in [1.82, 2.24) is 9.55 Å². The van der Waals surface area contributed by atoms with Crippen molar-refractivity contribution in [2.24, 2.45) is 5.92 Å². The van der Waals surface area contributed by atoms with Crippen molar-refractivity contribution in [3.63, 3.8) is 0 Å². The van der Waals surface area contributed by atoms with Crippen LogP contribution in [0.25, 0.3) is 5.69 Å². The standard InChI is InChI=1S/C16H19BrN2O/c1-10(2)6-12-7-14-11(8-15(12)20-3)4-5-13-9-18-16(17)19(13)14/h7-10H,4-6H2,1-3H3. The highest BCUT2D eigenvalue weighted by molar-refractivity contribution is 9.10. The van der Waals surface area contributed by atoms with Crippen molar-refractivity contribution in [2.45, 2.75) is 33.1 Å². The lowest BCUT2D eigenvalue weighted by Gasteiger charge is -2.22. The highest BCUT2D eigenvalue weighted by Crippen LogP contribution is 2.34. The molecular formula is C16H19BrN2O. The third-order valence-corrected chi connectivity index (χ3v) is 4.35. The van der Waals surface area contributed by atoms with E-state index in [1.165, 1.54) is 22.5 Å². The minimum absolute atomic E-state index is 0.608. The second-order valence-electron chi connectivity index (χ2n) is 5.74. The molecule has 3 rings (SSSR count). The number of halogens is 1. The average Bonchev–Trinajstić information content (AvgIpc) is 2.79. The number of benzene rings is 1. The molecule has 106 valence electrons. The van der Waals surface area contributed by atoms with E-state index >= 15 is 0 Å². The SMILES string of the molecule is COc1cc2c(cc1CC(C)C)-n1c(cnc1Br)CC2. The van der Waals surface area contributed by atoms with Crippen LogP contribution < -0.4 is 4.74 Å². The van der Waals surface area contributed by atoms with Gasteiger partial charge >= 0.3 is 0 Å². The molecule has 1 aromatic carbocycles. The normalized spacial score (nSPS) is 13.2. The summed E-state index contributed by atoms with van der Waals surface area (Å²) in [6.07, 6.45) is 5.06. The van der Waals surface area contributed by atoms with Crippen LogP contribution in [0.5, 0.6) is 5.75 Å². The number of fused-ring (bicyclic) bond motifs is 3. The van der Waals surface area contributed by atoms with Gasteiger partial charge in [-0.25, -0.2) is 4.98 Å². The fourth-order valence-corrected chi connectivity index (χ4v) is 3.43. The monoisotopic (exact) mass is 334 g/mol. The van der Waals surface area contributed by atoms with E-state index in [1.807, 2.05) is 6.20 Å². The van der Waals surface area contributed by atoms with Crippen LogP contribution in [0.2, 0.25) is 0 Å². The van der Waals surface area contributed by atoms with Crippen molar-refractivity contribution in [3.05, 3.63) is 39.9 Å². The van der Waals surface area contributed by atoms with Crippen LogP contribution in [-0.2, 0) is 19.3 Å². The van der Waals surface area contributed by atoms with Gasteiger partial charge in [0.15, 0.2) is 4.73 Å². The lowest BCUT2D eigenvalue weighted by molar-refractivity contribution is 0.406. The Morgan fingerprint density at radius 2 is 2.15 bits per heavy atom. The van der Waals surface area contributed by atoms with E-state index in [4.69, 9.17) is 4.74 Å². The fraction of sp³-hybridized carbons (Fsp3) is 0.438. The van der Waals surface area contributed by atoms with Crippen molar-refractivity contribution >= 4 is 15.9 Å². The summed E-state index contributed by atoms with van der Waals surface area (Å²) in [4.78, 5) is 4.38. The van der Waals surface area contributed by atoms with E-state index in [1.54, 1.807) is 7.11 Å². The van der Waals surface area contributed by atoms with Crippen molar-refractivity contribution in [1.29, 1.82) is 0 Å². The Kier molecular flexibility index (Phi) is 3.59. The molecule has 1 aromatic heterocycles. The van der Waals surface area contributed by atoms with Gasteiger partial charge in [0.25, 0.3) is 0 Å². The van der Waals surface area contributed by atoms with Gasteiger partial charge in [0.05, 0.1) is 12.8 Å². The predicted octanol–water partition coefficient (Wildman–Crippen LogP) is 3.94. The van der Waals surface area contributed by atoms with Gasteiger partial charge in [-0.15, -0.1) is 0 Å². The van der Waals surface area contributed by atoms with E-state index in [9.17, 15) is 0 Å². The largest absolute Gasteiger partial charge is 0.496 e. The zero-order valence-electron chi connectivity index (χ0n) is 12.1. The maximum absolute atomic E-state index is 5.58. The summed E-state index contributed by atoms with van der Waals surface area (Å²) in [7, 11) is 1.76. The van der Waals surface area contributed by atoms with Gasteiger partial charge in [0.1, 0.15) is 5.75 Å². The zero-order chi connectivity index (χ0) is 14.3. The molecular weight excluding hydrogens is 316 g/mol. The van der Waals surface area contributed by atoms with E-state index in [2.05, 4.69) is 51.5 Å². The Balaban J connectivity index is 2.16. The van der Waals surface area contributed by atoms with E-state index in [0.29, 0.717) is 5.92 Å². The van der Waals surface area contributed by atoms with Gasteiger partial charge in [0, 0.05) is 11.9 Å². The van der Waals surface area contributed by atoms with Gasteiger partial charge in [-0.2, -0.15) is 0 Å². The van der Waals surface area contributed by atoms with Crippen LogP contribution in [0.4, 0.5) is 0 Å². The minimum atomic E-state index is 0.608. The molecule has 0 atom stereocenters. The Morgan fingerprint density at radius 1 is 1.35 bits per heavy atom. The molecule has 3 nitrogen and oxygen atoms in total. The van der Waals surface area contributed by atoms with Crippen LogP contribution in [0.3, 0.4) is 0 Å². The number of rotatable bonds is 3. The Bertz CT molecular complexity index is 646. The van der Waals surface area contributed by atoms with Gasteiger partial charge < -0.3 is 4.74 Å². The Hall–Kier alpha value is -1.29. The topological polar surface area (TPSA) is 27.1 Å². The van der Waals surface area contributed by atoms with Gasteiger partial charge in [0.2, 0.25) is 0 Å². The second-order valence-corrected chi connectivity index (χ2v) is 6.45. The highest BCUT2D eigenvalue weighted by Gasteiger charge is 2.21. The number of aryl methyl sites for hydroxylation is 2. The quantitative estimate of drug-likeness (QED) is 0.849. The first-order valence-electron chi connectivity index (χ1n) is 7.02. The molecule has 0 spiro atoms. The van der Waals surface area contributed by atoms with Crippen LogP contribution in [0.15, 0.2) is 23.1 Å². The van der Waals surface area contributed by atoms with Gasteiger partial charge in [-0.1, -0.05) is 13.8 Å². The molecule has 0 bridgehead atoms. The first kappa shape index (κ1) is 13.7. The van der Waals surface area contributed by atoms with Crippen molar-refractivity contribution in [3.8, 4) is 11.4 Å². The molecule has 2 heterocycles. The number of ether oxygens (including phenoxy) is 1. The first-order chi connectivity index (χ1) is 9.60. The lowest BCUT2D eigenvalue weighted by Crippen LogP contribution is -2.13. The summed E-state index contributed by atoms with van der Waals surface area (Å²) in [6.45, 7) is 4.47. The number of nitrogens with zero attached hydrogens (tertiary/aromatic N) is 2. The molecule has 1 aliphatic rings. The van der Waals surface area contributed by atoms with E-state index in [-0.39, 0.29) is 0 Å². The molecule has 1 aliphatic heterocycles. The number of methoxy groups -OCH3 is 1. The molecule has 0 N–H and O–H groups in total. The number of hydrogen-bond donors (Lipinski definition) is 0. The van der Waals surface area contributed by atoms with Gasteiger partial charge in [-0.05, 0) is 64.4 Å². The van der Waals surface area contributed by atoms with Crippen LogP contribution in [-0.4, -0.2) is 16.7 Å². The summed E-state index contributed by atoms with van der Waals surface area (Å²) in [5.41, 5.74) is 5.12. The van der Waals surface area contributed by atoms with Crippen LogP contribution >= 0.6 is 15.9 Å². The average molecular weight is 335 g/mol. The molecule has 0 saturated carbocycles. The van der Waals surface area contributed by atoms with Crippen molar-refractivity contribution in [2.75, 3.05) is 7.11 Å². The summed E-state index contributed by atoms with van der Waals surface area (Å²) < 4.78 is 8.67. The van der Waals surface area contributed by atoms with E-state index in [0.717, 1.165) is 29.7 Å². The van der Waals surface area contributed by atoms with Gasteiger partial charge in [-0.3, -0.25) is 4.57 Å². The maximum atomic E-state index is 5.58. The summed E-state index contributed by atoms with van der Waals surface area (Å²) in [5.74, 6) is 1.62. The molecule has 20 heavy (non-hydrogen) atoms. The molecule has 2 aromatic rings. The third kappa shape index (κ3) is 2.26. The van der Waals surface area contributed by atoms with Crippen molar-refractivity contribution < 1.29 is 4.74 Å². The molecule has 0 unspecified atom stereocenters. The molecule has 0 amide bonds. The fourth-order valence-electron chi connectivity index (χ4n) is 2.91. The Morgan fingerprint density at radius 3 is 2.85 bits per heavy atom. The second kappa shape index (κ2) is 5.24. The summed E-state index contributed by atoms with van der Waals surface area (Å²) in [5, 5.41) is 0. The molecule has 0 saturated heterocycles. The maximum Gasteiger partial charge on any atom is 0.181 e. The van der Waals surface area contributed by atoms with Crippen LogP contribution in [0.1, 0.15) is 30.7 Å². The number of hydrogen-bond acceptors (Lipinski definition) is 2. The number of aromatic nitrogens is 2.